The standard InChI is InChI=1S/C10H20.C9H20.2C8H18.C7H16.5CH4/c1-10(2,3)9-7-5-4-6-8-9;1-8(2,3)7-9(4,5)6;1-7(2,3)8(4,5)6;1-6-7(2)8(3,4)5;1-6(2)7(3,4)5;;;;;/h9H,4-8H2,1-3H3;7H2,1-6H3;1-6H3;7H,6H2,1-5H3;6H,1-5H3;5*1H4. The van der Waals surface area contributed by atoms with Crippen molar-refractivity contribution in [2.24, 2.45) is 55.7 Å². The zero-order chi connectivity index (χ0) is 35.2. The van der Waals surface area contributed by atoms with E-state index < -0.39 is 0 Å². The molecule has 0 aliphatic heterocycles. The molecule has 0 heteroatoms. The molecule has 1 aliphatic carbocycles. The van der Waals surface area contributed by atoms with Crippen LogP contribution in [0.1, 0.15) is 255 Å². The fraction of sp³-hybridized carbons (Fsp3) is 1.00. The van der Waals surface area contributed by atoms with Crippen molar-refractivity contribution in [1.82, 2.24) is 0 Å². The Morgan fingerprint density at radius 1 is 0.447 bits per heavy atom. The lowest BCUT2D eigenvalue weighted by molar-refractivity contribution is 0.157. The molecule has 1 atom stereocenters. The van der Waals surface area contributed by atoms with Crippen LogP contribution < -0.4 is 0 Å². The lowest BCUT2D eigenvalue weighted by Crippen LogP contribution is -2.25. The molecular weight excluding hydrogens is 565 g/mol. The van der Waals surface area contributed by atoms with Crippen LogP contribution in [0.3, 0.4) is 0 Å². The fourth-order valence-electron chi connectivity index (χ4n) is 4.17. The molecule has 1 rings (SSSR count). The molecule has 0 heterocycles. The number of hydrogen-bond acceptors (Lipinski definition) is 0. The zero-order valence-corrected chi connectivity index (χ0v) is 35.2. The maximum atomic E-state index is 2.38. The van der Waals surface area contributed by atoms with Crippen molar-refractivity contribution in [3.63, 3.8) is 0 Å². The molecule has 0 aromatic rings. The summed E-state index contributed by atoms with van der Waals surface area (Å²) in [5.41, 5.74) is 3.42. The third kappa shape index (κ3) is 48.2. The van der Waals surface area contributed by atoms with Gasteiger partial charge in [-0.15, -0.1) is 0 Å². The van der Waals surface area contributed by atoms with E-state index in [-0.39, 0.29) is 37.1 Å². The Balaban J connectivity index is -0.0000000537. The van der Waals surface area contributed by atoms with Gasteiger partial charge < -0.3 is 0 Å². The van der Waals surface area contributed by atoms with E-state index >= 15 is 0 Å². The van der Waals surface area contributed by atoms with Crippen LogP contribution in [0.4, 0.5) is 0 Å². The molecule has 0 aromatic carbocycles. The van der Waals surface area contributed by atoms with Crippen molar-refractivity contribution >= 4 is 0 Å². The Hall–Kier alpha value is 0. The summed E-state index contributed by atoms with van der Waals surface area (Å²) in [6.45, 7) is 57.2. The first-order valence-electron chi connectivity index (χ1n) is 18.0. The highest BCUT2D eigenvalue weighted by Crippen LogP contribution is 2.38. The summed E-state index contributed by atoms with van der Waals surface area (Å²) in [5, 5.41) is 0. The fourth-order valence-corrected chi connectivity index (χ4v) is 4.17. The van der Waals surface area contributed by atoms with Gasteiger partial charge in [0.05, 0.1) is 0 Å². The predicted octanol–water partition coefficient (Wildman–Crippen LogP) is 19.1. The first kappa shape index (κ1) is 68.9. The van der Waals surface area contributed by atoms with Gasteiger partial charge in [-0.2, -0.15) is 0 Å². The number of rotatable bonds is 1. The minimum absolute atomic E-state index is 0. The van der Waals surface area contributed by atoms with Gasteiger partial charge in [-0.25, -0.2) is 0 Å². The average Bonchev–Trinajstić information content (AvgIpc) is 2.69. The molecule has 0 spiro atoms. The maximum absolute atomic E-state index is 2.38. The van der Waals surface area contributed by atoms with Crippen LogP contribution in [0.2, 0.25) is 0 Å². The van der Waals surface area contributed by atoms with Crippen molar-refractivity contribution in [2.75, 3.05) is 0 Å². The van der Waals surface area contributed by atoms with Gasteiger partial charge in [-0.1, -0.05) is 236 Å². The van der Waals surface area contributed by atoms with Crippen molar-refractivity contribution in [3.05, 3.63) is 0 Å². The summed E-state index contributed by atoms with van der Waals surface area (Å²) in [6.07, 6.45) is 9.97. The van der Waals surface area contributed by atoms with E-state index in [9.17, 15) is 0 Å². The van der Waals surface area contributed by atoms with Gasteiger partial charge in [0.2, 0.25) is 0 Å². The molecule has 0 bridgehead atoms. The van der Waals surface area contributed by atoms with Gasteiger partial charge in [0, 0.05) is 0 Å². The van der Waals surface area contributed by atoms with Gasteiger partial charge in [0.1, 0.15) is 0 Å². The molecule has 1 aliphatic rings. The van der Waals surface area contributed by atoms with Crippen LogP contribution in [0, 0.1) is 55.7 Å². The topological polar surface area (TPSA) is 0 Å². The zero-order valence-electron chi connectivity index (χ0n) is 35.2. The largest absolute Gasteiger partial charge is 0.0776 e. The van der Waals surface area contributed by atoms with Crippen molar-refractivity contribution in [2.45, 2.75) is 255 Å². The molecule has 1 fully saturated rings. The normalized spacial score (nSPS) is 14.7. The van der Waals surface area contributed by atoms with Crippen LogP contribution >= 0.6 is 0 Å². The van der Waals surface area contributed by atoms with Crippen LogP contribution in [0.15, 0.2) is 0 Å². The second-order valence-corrected chi connectivity index (χ2v) is 21.7. The molecule has 0 N–H and O–H groups in total. The molecule has 0 aromatic heterocycles. The van der Waals surface area contributed by atoms with E-state index in [4.69, 9.17) is 0 Å². The Morgan fingerprint density at radius 3 is 0.766 bits per heavy atom. The molecular formula is C47H112. The van der Waals surface area contributed by atoms with Gasteiger partial charge in [-0.05, 0) is 74.9 Å². The van der Waals surface area contributed by atoms with Crippen LogP contribution in [0.5, 0.6) is 0 Å². The Bertz CT molecular complexity index is 581. The Labute approximate surface area is 310 Å². The summed E-state index contributed by atoms with van der Waals surface area (Å²) in [5.74, 6) is 2.65. The van der Waals surface area contributed by atoms with E-state index in [1.54, 1.807) is 0 Å². The van der Waals surface area contributed by atoms with E-state index in [0.717, 1.165) is 17.8 Å². The van der Waals surface area contributed by atoms with E-state index in [1.165, 1.54) is 44.9 Å². The molecule has 47 heavy (non-hydrogen) atoms. The minimum atomic E-state index is 0. The molecule has 1 unspecified atom stereocenters. The average molecular weight is 677 g/mol. The second-order valence-electron chi connectivity index (χ2n) is 21.7. The molecule has 1 saturated carbocycles. The first-order chi connectivity index (χ1) is 18.0. The van der Waals surface area contributed by atoms with Crippen LogP contribution in [-0.2, 0) is 0 Å². The van der Waals surface area contributed by atoms with Crippen molar-refractivity contribution in [1.29, 1.82) is 0 Å². The monoisotopic (exact) mass is 677 g/mol. The molecule has 0 nitrogen and oxygen atoms in total. The molecule has 0 radical (unpaired) electrons. The van der Waals surface area contributed by atoms with Crippen LogP contribution in [-0.4, -0.2) is 0 Å². The maximum Gasteiger partial charge on any atom is -0.0334 e. The smallest absolute Gasteiger partial charge is 0.0334 e. The Kier molecular flexibility index (Phi) is 40.6. The lowest BCUT2D eigenvalue weighted by atomic mass is 9.71. The minimum Gasteiger partial charge on any atom is -0.0776 e. The number of hydrogen-bond donors (Lipinski definition) is 0. The highest BCUT2D eigenvalue weighted by atomic mass is 14.3. The molecule has 0 amide bonds. The Morgan fingerprint density at radius 2 is 0.702 bits per heavy atom. The van der Waals surface area contributed by atoms with E-state index in [1.807, 2.05) is 0 Å². The summed E-state index contributed by atoms with van der Waals surface area (Å²) >= 11 is 0. The van der Waals surface area contributed by atoms with Gasteiger partial charge in [0.25, 0.3) is 0 Å². The van der Waals surface area contributed by atoms with Gasteiger partial charge >= 0.3 is 0 Å². The second kappa shape index (κ2) is 27.7. The van der Waals surface area contributed by atoms with Crippen molar-refractivity contribution in [3.8, 4) is 0 Å². The third-order valence-corrected chi connectivity index (χ3v) is 9.96. The SMILES string of the molecule is C.C.C.C.C.CC(C)(C)C(C)(C)C.CC(C)(C)C1CCCCC1.CC(C)(C)CC(C)(C)C.CC(C)C(C)(C)C.CCC(C)C(C)(C)C. The summed E-state index contributed by atoms with van der Waals surface area (Å²) in [6, 6.07) is 0. The third-order valence-electron chi connectivity index (χ3n) is 9.96. The summed E-state index contributed by atoms with van der Waals surface area (Å²) in [7, 11) is 0. The van der Waals surface area contributed by atoms with Crippen molar-refractivity contribution < 1.29 is 0 Å². The van der Waals surface area contributed by atoms with E-state index in [2.05, 4.69) is 173 Å². The predicted molar refractivity (Wildman–Crippen MR) is 235 cm³/mol. The first-order valence-corrected chi connectivity index (χ1v) is 18.0. The highest BCUT2D eigenvalue weighted by Gasteiger charge is 2.27. The lowest BCUT2D eigenvalue weighted by Gasteiger charge is -2.34. The van der Waals surface area contributed by atoms with Gasteiger partial charge in [-0.3, -0.25) is 0 Å². The highest BCUT2D eigenvalue weighted by molar-refractivity contribution is 4.78. The summed E-state index contributed by atoms with van der Waals surface area (Å²) < 4.78 is 0. The molecule has 300 valence electrons. The molecule has 0 saturated heterocycles. The van der Waals surface area contributed by atoms with Crippen LogP contribution in [0.25, 0.3) is 0 Å². The van der Waals surface area contributed by atoms with E-state index in [0.29, 0.717) is 37.9 Å². The quantitative estimate of drug-likeness (QED) is 0.259. The van der Waals surface area contributed by atoms with Gasteiger partial charge in [0.15, 0.2) is 0 Å². The summed E-state index contributed by atoms with van der Waals surface area (Å²) in [4.78, 5) is 0.